The number of imidazole rings is 1. The van der Waals surface area contributed by atoms with Crippen LogP contribution in [-0.2, 0) is 16.4 Å². The fourth-order valence-corrected chi connectivity index (χ4v) is 7.43. The van der Waals surface area contributed by atoms with Gasteiger partial charge in [-0.1, -0.05) is 36.4 Å². The van der Waals surface area contributed by atoms with Gasteiger partial charge in [-0.05, 0) is 43.4 Å². The van der Waals surface area contributed by atoms with E-state index in [1.165, 1.54) is 18.1 Å². The molecule has 0 radical (unpaired) electrons. The number of anilines is 1. The number of aromatic nitrogens is 6. The van der Waals surface area contributed by atoms with Gasteiger partial charge < -0.3 is 10.7 Å². The normalized spacial score (nSPS) is 20.9. The molecule has 0 atom stereocenters. The third-order valence-corrected chi connectivity index (χ3v) is 10.1. The Hall–Kier alpha value is -3.87. The fraction of sp³-hybridized carbons (Fsp3) is 0.400. The van der Waals surface area contributed by atoms with Gasteiger partial charge in [0.15, 0.2) is 5.65 Å². The van der Waals surface area contributed by atoms with Crippen molar-refractivity contribution in [2.24, 2.45) is 0 Å². The summed E-state index contributed by atoms with van der Waals surface area (Å²) in [4.78, 5) is 19.7. The van der Waals surface area contributed by atoms with Gasteiger partial charge in [0.2, 0.25) is 10.0 Å². The Morgan fingerprint density at radius 1 is 0.952 bits per heavy atom. The lowest BCUT2D eigenvalue weighted by atomic mass is 9.90. The second-order valence-electron chi connectivity index (χ2n) is 11.5. The minimum Gasteiger partial charge on any atom is -0.383 e. The summed E-state index contributed by atoms with van der Waals surface area (Å²) >= 11 is 0. The summed E-state index contributed by atoms with van der Waals surface area (Å²) in [7, 11) is -3.13. The van der Waals surface area contributed by atoms with Crippen LogP contribution in [0.15, 0.2) is 54.9 Å². The van der Waals surface area contributed by atoms with Crippen LogP contribution >= 0.6 is 0 Å². The van der Waals surface area contributed by atoms with Crippen LogP contribution in [0.2, 0.25) is 0 Å². The lowest BCUT2D eigenvalue weighted by molar-refractivity contribution is 0.0988. The average Bonchev–Trinajstić information content (AvgIpc) is 3.59. The molecule has 4 heterocycles. The Bertz CT molecular complexity index is 1840. The van der Waals surface area contributed by atoms with Gasteiger partial charge >= 0.3 is 0 Å². The van der Waals surface area contributed by atoms with Crippen LogP contribution < -0.4 is 5.73 Å². The molecule has 42 heavy (non-hydrogen) atoms. The number of rotatable bonds is 6. The summed E-state index contributed by atoms with van der Waals surface area (Å²) in [6, 6.07) is 17.1. The van der Waals surface area contributed by atoms with Crippen molar-refractivity contribution in [2.75, 3.05) is 38.2 Å². The van der Waals surface area contributed by atoms with Crippen molar-refractivity contribution in [3.05, 3.63) is 66.2 Å². The van der Waals surface area contributed by atoms with E-state index in [1.54, 1.807) is 4.31 Å². The van der Waals surface area contributed by atoms with E-state index in [2.05, 4.69) is 42.7 Å². The average molecular weight is 586 g/mol. The molecule has 12 heteroatoms. The molecule has 3 aromatic heterocycles. The van der Waals surface area contributed by atoms with E-state index in [4.69, 9.17) is 15.8 Å². The predicted octanol–water partition coefficient (Wildman–Crippen LogP) is 3.60. The van der Waals surface area contributed by atoms with Gasteiger partial charge in [-0.15, -0.1) is 0 Å². The van der Waals surface area contributed by atoms with E-state index in [0.717, 1.165) is 84.3 Å². The first-order valence-corrected chi connectivity index (χ1v) is 16.4. The van der Waals surface area contributed by atoms with Crippen molar-refractivity contribution in [1.82, 2.24) is 38.9 Å². The van der Waals surface area contributed by atoms with Crippen molar-refractivity contribution >= 4 is 37.9 Å². The summed E-state index contributed by atoms with van der Waals surface area (Å²) in [6.07, 6.45) is 7.55. The van der Waals surface area contributed by atoms with Gasteiger partial charge in [-0.2, -0.15) is 9.40 Å². The Balaban J connectivity index is 1.13. The zero-order chi connectivity index (χ0) is 28.8. The molecular weight excluding hydrogens is 550 g/mol. The van der Waals surface area contributed by atoms with Crippen LogP contribution in [0.3, 0.4) is 0 Å². The number of nitrogens with zero attached hydrogens (tertiary/aromatic N) is 7. The molecule has 3 N–H and O–H groups in total. The van der Waals surface area contributed by atoms with Crippen LogP contribution in [0.4, 0.5) is 5.82 Å². The van der Waals surface area contributed by atoms with Crippen molar-refractivity contribution in [3.8, 4) is 11.3 Å². The standard InChI is InChI=1S/C30H35N9O2S/c1-42(40,41)38-15-13-37(14-16-38)22-8-10-23(11-9-22)39-30-27(29(31)32-19-33-30)28(36-39)21-7-12-24-25(18-21)35-26(34-24)17-20-5-3-2-4-6-20/h2-7,12,18-19,22-23H,8-11,13-17H2,1H3,(H,34,35)(H2,31,32,33). The van der Waals surface area contributed by atoms with E-state index in [0.29, 0.717) is 24.9 Å². The number of nitrogens with two attached hydrogens (primary N) is 1. The van der Waals surface area contributed by atoms with Crippen LogP contribution in [0, 0.1) is 0 Å². The van der Waals surface area contributed by atoms with E-state index in [9.17, 15) is 8.42 Å². The number of nitrogens with one attached hydrogen (secondary N) is 1. The maximum Gasteiger partial charge on any atom is 0.211 e. The SMILES string of the molecule is CS(=O)(=O)N1CCN(C2CCC(n3nc(-c4ccc5nc(Cc6ccccc6)[nH]c5c4)c4c(N)ncnc43)CC2)CC1. The van der Waals surface area contributed by atoms with Gasteiger partial charge in [0.25, 0.3) is 0 Å². The third-order valence-electron chi connectivity index (χ3n) is 8.81. The second kappa shape index (κ2) is 10.8. The largest absolute Gasteiger partial charge is 0.383 e. The number of H-pyrrole nitrogens is 1. The molecule has 7 rings (SSSR count). The molecular formula is C30H35N9O2S. The first kappa shape index (κ1) is 27.0. The molecule has 1 aliphatic heterocycles. The maximum absolute atomic E-state index is 11.9. The maximum atomic E-state index is 11.9. The summed E-state index contributed by atoms with van der Waals surface area (Å²) in [5, 5.41) is 5.89. The molecule has 0 spiro atoms. The molecule has 1 saturated heterocycles. The molecule has 2 fully saturated rings. The molecule has 2 aromatic carbocycles. The molecule has 5 aromatic rings. The van der Waals surface area contributed by atoms with Crippen LogP contribution in [0.1, 0.15) is 43.1 Å². The van der Waals surface area contributed by atoms with Gasteiger partial charge in [0.05, 0.1) is 28.7 Å². The molecule has 1 saturated carbocycles. The second-order valence-corrected chi connectivity index (χ2v) is 13.5. The third kappa shape index (κ3) is 5.14. The number of piperazine rings is 1. The Kier molecular flexibility index (Phi) is 6.91. The quantitative estimate of drug-likeness (QED) is 0.308. The van der Waals surface area contributed by atoms with E-state index < -0.39 is 10.0 Å². The van der Waals surface area contributed by atoms with E-state index >= 15 is 0 Å². The summed E-state index contributed by atoms with van der Waals surface area (Å²) in [5.74, 6) is 1.34. The topological polar surface area (TPSA) is 139 Å². The van der Waals surface area contributed by atoms with E-state index in [1.807, 2.05) is 30.3 Å². The lowest BCUT2D eigenvalue weighted by Gasteiger charge is -2.41. The monoisotopic (exact) mass is 585 g/mol. The van der Waals surface area contributed by atoms with Crippen molar-refractivity contribution in [1.29, 1.82) is 0 Å². The highest BCUT2D eigenvalue weighted by atomic mass is 32.2. The van der Waals surface area contributed by atoms with Gasteiger partial charge in [0, 0.05) is 44.2 Å². The highest BCUT2D eigenvalue weighted by Crippen LogP contribution is 2.37. The first-order valence-electron chi connectivity index (χ1n) is 14.5. The van der Waals surface area contributed by atoms with Crippen molar-refractivity contribution in [2.45, 2.75) is 44.2 Å². The Morgan fingerprint density at radius 3 is 2.43 bits per heavy atom. The molecule has 218 valence electrons. The molecule has 0 amide bonds. The summed E-state index contributed by atoms with van der Waals surface area (Å²) < 4.78 is 27.5. The van der Waals surface area contributed by atoms with Gasteiger partial charge in [0.1, 0.15) is 23.7 Å². The predicted molar refractivity (Wildman–Crippen MR) is 163 cm³/mol. The minimum absolute atomic E-state index is 0.206. The van der Waals surface area contributed by atoms with Crippen LogP contribution in [0.25, 0.3) is 33.3 Å². The number of aromatic amines is 1. The van der Waals surface area contributed by atoms with Crippen molar-refractivity contribution in [3.63, 3.8) is 0 Å². The summed E-state index contributed by atoms with van der Waals surface area (Å²) in [6.45, 7) is 2.70. The molecule has 11 nitrogen and oxygen atoms in total. The molecule has 0 unspecified atom stereocenters. The number of hydrogen-bond donors (Lipinski definition) is 2. The molecule has 2 aliphatic rings. The van der Waals surface area contributed by atoms with Crippen molar-refractivity contribution < 1.29 is 8.42 Å². The number of nitrogen functional groups attached to an aromatic ring is 1. The van der Waals surface area contributed by atoms with E-state index in [-0.39, 0.29) is 6.04 Å². The Labute approximate surface area is 244 Å². The number of benzene rings is 2. The van der Waals surface area contributed by atoms with Gasteiger partial charge in [-0.25, -0.2) is 28.1 Å². The molecule has 0 bridgehead atoms. The number of fused-ring (bicyclic) bond motifs is 2. The van der Waals surface area contributed by atoms with Gasteiger partial charge in [-0.3, -0.25) is 4.90 Å². The summed E-state index contributed by atoms with van der Waals surface area (Å²) in [5.41, 5.74) is 12.0. The number of sulfonamides is 1. The van der Waals surface area contributed by atoms with Crippen LogP contribution in [0.5, 0.6) is 0 Å². The smallest absolute Gasteiger partial charge is 0.211 e. The number of hydrogen-bond acceptors (Lipinski definition) is 8. The minimum atomic E-state index is -3.13. The highest BCUT2D eigenvalue weighted by molar-refractivity contribution is 7.88. The first-order chi connectivity index (χ1) is 20.3. The lowest BCUT2D eigenvalue weighted by Crippen LogP contribution is -2.52. The zero-order valence-corrected chi connectivity index (χ0v) is 24.5. The van der Waals surface area contributed by atoms with Crippen LogP contribution in [-0.4, -0.2) is 85.8 Å². The fourth-order valence-electron chi connectivity index (χ4n) is 6.60. The Morgan fingerprint density at radius 2 is 1.69 bits per heavy atom. The zero-order valence-electron chi connectivity index (χ0n) is 23.6. The molecule has 1 aliphatic carbocycles. The highest BCUT2D eigenvalue weighted by Gasteiger charge is 2.32.